The van der Waals surface area contributed by atoms with Crippen LogP contribution in [0.2, 0.25) is 8.67 Å². The zero-order valence-electron chi connectivity index (χ0n) is 13.2. The quantitative estimate of drug-likeness (QED) is 0.559. The molecule has 4 nitrogen and oxygen atoms in total. The molecular formula is C17H14Cl2N2O2S2. The Balaban J connectivity index is 1.62. The first kappa shape index (κ1) is 18.2. The molecular weight excluding hydrogens is 399 g/mol. The predicted octanol–water partition coefficient (Wildman–Crippen LogP) is 5.76. The van der Waals surface area contributed by atoms with Gasteiger partial charge in [-0.05, 0) is 30.7 Å². The Morgan fingerprint density at radius 3 is 2.68 bits per heavy atom. The van der Waals surface area contributed by atoms with Crippen LogP contribution in [0.4, 0.5) is 5.13 Å². The van der Waals surface area contributed by atoms with Gasteiger partial charge in [-0.25, -0.2) is 4.98 Å². The molecule has 2 heterocycles. The van der Waals surface area contributed by atoms with Crippen molar-refractivity contribution >= 4 is 56.9 Å². The van der Waals surface area contributed by atoms with Crippen LogP contribution >= 0.6 is 45.9 Å². The summed E-state index contributed by atoms with van der Waals surface area (Å²) < 4.78 is 6.58. The highest BCUT2D eigenvalue weighted by atomic mass is 35.5. The summed E-state index contributed by atoms with van der Waals surface area (Å²) in [5.41, 5.74) is 2.39. The van der Waals surface area contributed by atoms with Crippen molar-refractivity contribution in [3.63, 3.8) is 0 Å². The minimum Gasteiger partial charge on any atom is -0.494 e. The Labute approximate surface area is 163 Å². The molecule has 0 aliphatic rings. The maximum atomic E-state index is 12.2. The van der Waals surface area contributed by atoms with Crippen molar-refractivity contribution in [2.45, 2.75) is 13.3 Å². The van der Waals surface area contributed by atoms with Crippen molar-refractivity contribution in [2.24, 2.45) is 0 Å². The molecule has 0 atom stereocenters. The first-order valence-corrected chi connectivity index (χ1v) is 9.92. The molecule has 0 unspecified atom stereocenters. The van der Waals surface area contributed by atoms with Crippen LogP contribution < -0.4 is 10.1 Å². The van der Waals surface area contributed by atoms with Gasteiger partial charge in [-0.3, -0.25) is 4.79 Å². The number of thiazole rings is 1. The molecule has 1 amide bonds. The van der Waals surface area contributed by atoms with Gasteiger partial charge in [0, 0.05) is 10.9 Å². The molecule has 130 valence electrons. The average Bonchev–Trinajstić information content (AvgIpc) is 3.15. The highest BCUT2D eigenvalue weighted by Gasteiger charge is 2.13. The molecule has 0 aliphatic carbocycles. The number of anilines is 1. The lowest BCUT2D eigenvalue weighted by Gasteiger charge is -2.05. The number of hydrogen-bond donors (Lipinski definition) is 1. The summed E-state index contributed by atoms with van der Waals surface area (Å²) in [5, 5.41) is 5.19. The number of amides is 1. The molecule has 0 saturated heterocycles. The van der Waals surface area contributed by atoms with Crippen LogP contribution in [0.15, 0.2) is 35.7 Å². The number of hydrogen-bond acceptors (Lipinski definition) is 5. The third-order valence-corrected chi connectivity index (χ3v) is 5.53. The number of carbonyl (C=O) groups excluding carboxylic acids is 1. The second-order valence-corrected chi connectivity index (χ2v) is 8.22. The molecule has 0 radical (unpaired) electrons. The van der Waals surface area contributed by atoms with Gasteiger partial charge in [-0.2, -0.15) is 0 Å². The van der Waals surface area contributed by atoms with Gasteiger partial charge in [0.1, 0.15) is 10.1 Å². The number of nitrogens with one attached hydrogen (secondary N) is 1. The van der Waals surface area contributed by atoms with E-state index in [1.54, 1.807) is 6.07 Å². The van der Waals surface area contributed by atoms with E-state index in [1.807, 2.05) is 36.6 Å². The molecule has 2 aromatic heterocycles. The largest absolute Gasteiger partial charge is 0.494 e. The summed E-state index contributed by atoms with van der Waals surface area (Å²) in [6, 6.07) is 9.25. The van der Waals surface area contributed by atoms with E-state index in [0.717, 1.165) is 16.9 Å². The number of aromatic nitrogens is 1. The van der Waals surface area contributed by atoms with E-state index in [-0.39, 0.29) is 12.3 Å². The van der Waals surface area contributed by atoms with Crippen LogP contribution in [0.5, 0.6) is 5.75 Å². The number of benzene rings is 1. The summed E-state index contributed by atoms with van der Waals surface area (Å²) >= 11 is 14.7. The van der Waals surface area contributed by atoms with Gasteiger partial charge in [0.2, 0.25) is 5.91 Å². The van der Waals surface area contributed by atoms with Crippen LogP contribution in [-0.4, -0.2) is 17.5 Å². The van der Waals surface area contributed by atoms with E-state index >= 15 is 0 Å². The Hall–Kier alpha value is -1.60. The van der Waals surface area contributed by atoms with Crippen LogP contribution in [0.1, 0.15) is 12.5 Å². The van der Waals surface area contributed by atoms with Crippen LogP contribution in [-0.2, 0) is 11.2 Å². The maximum absolute atomic E-state index is 12.2. The van der Waals surface area contributed by atoms with Gasteiger partial charge in [0.15, 0.2) is 5.13 Å². The molecule has 25 heavy (non-hydrogen) atoms. The topological polar surface area (TPSA) is 51.2 Å². The fraction of sp³-hybridized carbons (Fsp3) is 0.176. The fourth-order valence-corrected chi connectivity index (χ4v) is 4.40. The standard InChI is InChI=1S/C17H14Cl2N2O2S2/c1-2-23-11-5-3-10(4-6-11)7-15(22)21-17-20-13(9-24-17)12-8-14(18)25-16(12)19/h3-6,8-9H,2,7H2,1H3,(H,20,21,22). The number of nitrogens with zero attached hydrogens (tertiary/aromatic N) is 1. The highest BCUT2D eigenvalue weighted by molar-refractivity contribution is 7.20. The minimum absolute atomic E-state index is 0.125. The van der Waals surface area contributed by atoms with E-state index in [2.05, 4.69) is 10.3 Å². The van der Waals surface area contributed by atoms with E-state index in [4.69, 9.17) is 27.9 Å². The Bertz CT molecular complexity index is 875. The van der Waals surface area contributed by atoms with Gasteiger partial charge < -0.3 is 10.1 Å². The molecule has 0 fully saturated rings. The van der Waals surface area contributed by atoms with E-state index < -0.39 is 0 Å². The molecule has 0 aliphatic heterocycles. The summed E-state index contributed by atoms with van der Waals surface area (Å²) in [4.78, 5) is 16.6. The Morgan fingerprint density at radius 1 is 1.28 bits per heavy atom. The monoisotopic (exact) mass is 412 g/mol. The lowest BCUT2D eigenvalue weighted by atomic mass is 10.1. The molecule has 1 N–H and O–H groups in total. The van der Waals surface area contributed by atoms with Gasteiger partial charge in [-0.15, -0.1) is 22.7 Å². The molecule has 1 aromatic carbocycles. The molecule has 0 bridgehead atoms. The number of carbonyl (C=O) groups is 1. The summed E-state index contributed by atoms with van der Waals surface area (Å²) in [7, 11) is 0. The number of halogens is 2. The normalized spacial score (nSPS) is 10.7. The predicted molar refractivity (Wildman–Crippen MR) is 105 cm³/mol. The summed E-state index contributed by atoms with van der Waals surface area (Å²) in [6.07, 6.45) is 0.270. The first-order chi connectivity index (χ1) is 12.0. The smallest absolute Gasteiger partial charge is 0.230 e. The second-order valence-electron chi connectivity index (χ2n) is 5.08. The van der Waals surface area contributed by atoms with Gasteiger partial charge >= 0.3 is 0 Å². The summed E-state index contributed by atoms with van der Waals surface area (Å²) in [6.45, 7) is 2.55. The van der Waals surface area contributed by atoms with Crippen molar-refractivity contribution in [3.05, 3.63) is 49.9 Å². The third-order valence-electron chi connectivity index (χ3n) is 3.28. The van der Waals surface area contributed by atoms with Crippen LogP contribution in [0.3, 0.4) is 0 Å². The van der Waals surface area contributed by atoms with Gasteiger partial charge in [0.05, 0.1) is 23.1 Å². The molecule has 0 saturated carbocycles. The number of ether oxygens (including phenoxy) is 1. The Morgan fingerprint density at radius 2 is 2.04 bits per heavy atom. The minimum atomic E-state index is -0.125. The summed E-state index contributed by atoms with van der Waals surface area (Å²) in [5.74, 6) is 0.669. The molecule has 3 aromatic rings. The SMILES string of the molecule is CCOc1ccc(CC(=O)Nc2nc(-c3cc(Cl)sc3Cl)cs2)cc1. The van der Waals surface area contributed by atoms with E-state index in [1.165, 1.54) is 22.7 Å². The van der Waals surface area contributed by atoms with Crippen molar-refractivity contribution in [3.8, 4) is 17.0 Å². The first-order valence-electron chi connectivity index (χ1n) is 7.47. The van der Waals surface area contributed by atoms with Crippen molar-refractivity contribution in [1.82, 2.24) is 4.98 Å². The fourth-order valence-electron chi connectivity index (χ4n) is 2.19. The second kappa shape index (κ2) is 8.19. The molecule has 8 heteroatoms. The zero-order chi connectivity index (χ0) is 17.8. The van der Waals surface area contributed by atoms with E-state index in [9.17, 15) is 4.79 Å². The van der Waals surface area contributed by atoms with E-state index in [0.29, 0.717) is 26.1 Å². The maximum Gasteiger partial charge on any atom is 0.230 e. The highest BCUT2D eigenvalue weighted by Crippen LogP contribution is 2.38. The molecule has 0 spiro atoms. The average molecular weight is 413 g/mol. The van der Waals surface area contributed by atoms with Crippen molar-refractivity contribution in [2.75, 3.05) is 11.9 Å². The van der Waals surface area contributed by atoms with Crippen molar-refractivity contribution < 1.29 is 9.53 Å². The van der Waals surface area contributed by atoms with Crippen molar-refractivity contribution in [1.29, 1.82) is 0 Å². The Kier molecular flexibility index (Phi) is 5.96. The zero-order valence-corrected chi connectivity index (χ0v) is 16.4. The lowest BCUT2D eigenvalue weighted by molar-refractivity contribution is -0.115. The number of thiophene rings is 1. The molecule has 3 rings (SSSR count). The van der Waals surface area contributed by atoms with Crippen LogP contribution in [0.25, 0.3) is 11.3 Å². The van der Waals surface area contributed by atoms with Gasteiger partial charge in [0.25, 0.3) is 0 Å². The van der Waals surface area contributed by atoms with Gasteiger partial charge in [-0.1, -0.05) is 35.3 Å². The number of rotatable bonds is 6. The lowest BCUT2D eigenvalue weighted by Crippen LogP contribution is -2.14. The third kappa shape index (κ3) is 4.73. The van der Waals surface area contributed by atoms with Crippen LogP contribution in [0, 0.1) is 0 Å².